The Labute approximate surface area is 210 Å². The number of rotatable bonds is 9. The molecule has 0 fully saturated rings. The maximum Gasteiger partial charge on any atom is 0.407 e. The number of amides is 1. The summed E-state index contributed by atoms with van der Waals surface area (Å²) in [7, 11) is 0. The van der Waals surface area contributed by atoms with E-state index in [1.165, 1.54) is 0 Å². The van der Waals surface area contributed by atoms with Crippen molar-refractivity contribution in [2.24, 2.45) is 0 Å². The molecule has 36 heavy (non-hydrogen) atoms. The van der Waals surface area contributed by atoms with E-state index in [2.05, 4.69) is 5.32 Å². The highest BCUT2D eigenvalue weighted by Crippen LogP contribution is 2.31. The highest BCUT2D eigenvalue weighted by molar-refractivity contribution is 6.13. The molecule has 0 radical (unpaired) electrons. The molecule has 0 saturated heterocycles. The van der Waals surface area contributed by atoms with Gasteiger partial charge in [0.1, 0.15) is 5.76 Å². The molecule has 0 aliphatic heterocycles. The molecular weight excluding hydrogens is 450 g/mol. The van der Waals surface area contributed by atoms with Crippen molar-refractivity contribution in [3.05, 3.63) is 149 Å². The molecule has 1 amide bonds. The molecule has 0 bridgehead atoms. The van der Waals surface area contributed by atoms with Gasteiger partial charge in [0.25, 0.3) is 0 Å². The molecule has 5 nitrogen and oxygen atoms in total. The van der Waals surface area contributed by atoms with Crippen LogP contribution in [0.3, 0.4) is 0 Å². The van der Waals surface area contributed by atoms with Gasteiger partial charge in [0.15, 0.2) is 5.78 Å². The lowest BCUT2D eigenvalue weighted by molar-refractivity contribution is 0.102. The summed E-state index contributed by atoms with van der Waals surface area (Å²) < 4.78 is 5.45. The summed E-state index contributed by atoms with van der Waals surface area (Å²) in [5, 5.41) is 14.2. The third-order valence-corrected chi connectivity index (χ3v) is 5.73. The number of carbonyl (C=O) groups excluding carboxylic acids is 2. The van der Waals surface area contributed by atoms with Gasteiger partial charge in [0.05, 0.1) is 18.2 Å². The first-order valence-corrected chi connectivity index (χ1v) is 11.7. The summed E-state index contributed by atoms with van der Waals surface area (Å²) in [5.41, 5.74) is 2.61. The molecule has 0 saturated carbocycles. The van der Waals surface area contributed by atoms with E-state index in [-0.39, 0.29) is 17.9 Å². The first-order chi connectivity index (χ1) is 17.6. The molecule has 4 aromatic carbocycles. The SMILES string of the molecule is O=C(NC(C(C(=O)c1ccccc1)=C(O)c1ccccc1)c1ccccc1)OCCc1ccccc1. The van der Waals surface area contributed by atoms with Gasteiger partial charge in [-0.2, -0.15) is 0 Å². The topological polar surface area (TPSA) is 75.6 Å². The van der Waals surface area contributed by atoms with Crippen LogP contribution in [0.2, 0.25) is 0 Å². The normalized spacial score (nSPS) is 12.2. The Balaban J connectivity index is 1.68. The van der Waals surface area contributed by atoms with Crippen LogP contribution < -0.4 is 5.32 Å². The first kappa shape index (κ1) is 24.5. The molecule has 4 rings (SSSR count). The van der Waals surface area contributed by atoms with E-state index in [4.69, 9.17) is 4.74 Å². The van der Waals surface area contributed by atoms with Crippen molar-refractivity contribution in [2.75, 3.05) is 6.61 Å². The summed E-state index contributed by atoms with van der Waals surface area (Å²) in [5.74, 6) is -0.599. The lowest BCUT2D eigenvalue weighted by Crippen LogP contribution is -2.33. The second-order valence-corrected chi connectivity index (χ2v) is 8.18. The molecule has 2 N–H and O–H groups in total. The average Bonchev–Trinajstić information content (AvgIpc) is 2.94. The summed E-state index contributed by atoms with van der Waals surface area (Å²) in [4.78, 5) is 26.6. The zero-order chi connectivity index (χ0) is 25.2. The van der Waals surface area contributed by atoms with Crippen LogP contribution in [0.15, 0.2) is 127 Å². The number of nitrogens with one attached hydrogen (secondary N) is 1. The van der Waals surface area contributed by atoms with Crippen molar-refractivity contribution in [1.82, 2.24) is 5.32 Å². The molecule has 0 aliphatic rings. The van der Waals surface area contributed by atoms with Gasteiger partial charge >= 0.3 is 6.09 Å². The number of ether oxygens (including phenoxy) is 1. The second-order valence-electron chi connectivity index (χ2n) is 8.18. The Morgan fingerprint density at radius 3 is 1.78 bits per heavy atom. The van der Waals surface area contributed by atoms with Crippen LogP contribution in [-0.4, -0.2) is 23.6 Å². The Hall–Kier alpha value is -4.64. The zero-order valence-electron chi connectivity index (χ0n) is 19.7. The summed E-state index contributed by atoms with van der Waals surface area (Å²) in [6.45, 7) is 0.174. The van der Waals surface area contributed by atoms with Crippen molar-refractivity contribution >= 4 is 17.6 Å². The Morgan fingerprint density at radius 2 is 1.19 bits per heavy atom. The molecular formula is C31H27NO4. The number of hydrogen-bond acceptors (Lipinski definition) is 4. The van der Waals surface area contributed by atoms with E-state index in [0.717, 1.165) is 5.56 Å². The minimum absolute atomic E-state index is 0.0543. The first-order valence-electron chi connectivity index (χ1n) is 11.7. The fraction of sp³-hybridized carbons (Fsp3) is 0.0968. The maximum atomic E-state index is 13.7. The fourth-order valence-electron chi connectivity index (χ4n) is 3.91. The smallest absolute Gasteiger partial charge is 0.407 e. The zero-order valence-corrected chi connectivity index (χ0v) is 19.7. The minimum atomic E-state index is -0.941. The number of hydrogen-bond donors (Lipinski definition) is 2. The highest BCUT2D eigenvalue weighted by Gasteiger charge is 2.30. The number of benzene rings is 4. The van der Waals surface area contributed by atoms with Gasteiger partial charge in [-0.3, -0.25) is 4.79 Å². The highest BCUT2D eigenvalue weighted by atomic mass is 16.5. The largest absolute Gasteiger partial charge is 0.507 e. The van der Waals surface area contributed by atoms with Crippen molar-refractivity contribution in [3.8, 4) is 0 Å². The van der Waals surface area contributed by atoms with Gasteiger partial charge in [-0.15, -0.1) is 0 Å². The number of carbonyl (C=O) groups is 2. The molecule has 1 unspecified atom stereocenters. The number of aliphatic hydroxyl groups excluding tert-OH is 1. The fourth-order valence-corrected chi connectivity index (χ4v) is 3.91. The minimum Gasteiger partial charge on any atom is -0.507 e. The predicted octanol–water partition coefficient (Wildman–Crippen LogP) is 6.55. The molecule has 180 valence electrons. The van der Waals surface area contributed by atoms with Crippen LogP contribution in [0.1, 0.15) is 33.1 Å². The number of Topliss-reactive ketones (excluding diaryl/α,β-unsaturated/α-hetero) is 1. The van der Waals surface area contributed by atoms with E-state index in [1.54, 1.807) is 60.7 Å². The number of aliphatic hydroxyl groups is 1. The summed E-state index contributed by atoms with van der Waals surface area (Å²) in [6, 6.07) is 35.3. The van der Waals surface area contributed by atoms with E-state index in [0.29, 0.717) is 23.1 Å². The standard InChI is InChI=1S/C31H27NO4/c33-29(25-17-9-3-10-18-25)27(30(34)26-19-11-4-12-20-26)28(24-15-7-2-8-16-24)32-31(35)36-22-21-23-13-5-1-6-14-23/h1-20,28,33H,21-22H2,(H,32,35). The van der Waals surface area contributed by atoms with Gasteiger partial charge in [-0.25, -0.2) is 4.79 Å². The Kier molecular flexibility index (Phi) is 8.28. The number of ketones is 1. The van der Waals surface area contributed by atoms with Gasteiger partial charge in [0.2, 0.25) is 0 Å². The predicted molar refractivity (Wildman–Crippen MR) is 141 cm³/mol. The number of alkyl carbamates (subject to hydrolysis) is 1. The van der Waals surface area contributed by atoms with Gasteiger partial charge in [0, 0.05) is 17.5 Å². The second kappa shape index (κ2) is 12.2. The van der Waals surface area contributed by atoms with Gasteiger partial charge in [-0.05, 0) is 11.1 Å². The lowest BCUT2D eigenvalue weighted by Gasteiger charge is -2.23. The van der Waals surface area contributed by atoms with Crippen molar-refractivity contribution < 1.29 is 19.4 Å². The van der Waals surface area contributed by atoms with Crippen molar-refractivity contribution in [1.29, 1.82) is 0 Å². The molecule has 0 aromatic heterocycles. The molecule has 0 aliphatic carbocycles. The molecule has 1 atom stereocenters. The molecule has 0 spiro atoms. The Bertz CT molecular complexity index is 1300. The summed E-state index contributed by atoms with van der Waals surface area (Å²) in [6.07, 6.45) is -0.121. The maximum absolute atomic E-state index is 13.7. The quantitative estimate of drug-likeness (QED) is 0.163. The third kappa shape index (κ3) is 6.27. The lowest BCUT2D eigenvalue weighted by atomic mass is 9.89. The van der Waals surface area contributed by atoms with E-state index in [1.807, 2.05) is 60.7 Å². The van der Waals surface area contributed by atoms with Crippen LogP contribution in [0.25, 0.3) is 5.76 Å². The van der Waals surface area contributed by atoms with Crippen LogP contribution in [0.4, 0.5) is 4.79 Å². The van der Waals surface area contributed by atoms with Gasteiger partial charge in [-0.1, -0.05) is 121 Å². The van der Waals surface area contributed by atoms with Crippen LogP contribution in [0.5, 0.6) is 0 Å². The van der Waals surface area contributed by atoms with Gasteiger partial charge < -0.3 is 15.2 Å². The van der Waals surface area contributed by atoms with Crippen molar-refractivity contribution in [2.45, 2.75) is 12.5 Å². The van der Waals surface area contributed by atoms with E-state index < -0.39 is 17.9 Å². The third-order valence-electron chi connectivity index (χ3n) is 5.73. The van der Waals surface area contributed by atoms with Crippen LogP contribution in [0, 0.1) is 0 Å². The van der Waals surface area contributed by atoms with E-state index in [9.17, 15) is 14.7 Å². The van der Waals surface area contributed by atoms with Crippen LogP contribution >= 0.6 is 0 Å². The molecule has 4 aromatic rings. The molecule has 0 heterocycles. The van der Waals surface area contributed by atoms with E-state index >= 15 is 0 Å². The summed E-state index contributed by atoms with van der Waals surface area (Å²) >= 11 is 0. The Morgan fingerprint density at radius 1 is 0.694 bits per heavy atom. The monoisotopic (exact) mass is 477 g/mol. The van der Waals surface area contributed by atoms with Crippen molar-refractivity contribution in [3.63, 3.8) is 0 Å². The average molecular weight is 478 g/mol. The molecule has 5 heteroatoms. The van der Waals surface area contributed by atoms with Crippen LogP contribution in [-0.2, 0) is 11.2 Å².